The number of aliphatic hydroxyl groups is 1. The predicted molar refractivity (Wildman–Crippen MR) is 89.3 cm³/mol. The Labute approximate surface area is 144 Å². The Bertz CT molecular complexity index is 879. The van der Waals surface area contributed by atoms with Crippen LogP contribution in [0, 0.1) is 11.3 Å². The van der Waals surface area contributed by atoms with Crippen molar-refractivity contribution in [3.05, 3.63) is 51.8 Å². The summed E-state index contributed by atoms with van der Waals surface area (Å²) in [4.78, 5) is 11.2. The lowest BCUT2D eigenvalue weighted by Gasteiger charge is -2.50. The molecular weight excluding hydrogens is 322 g/mol. The molecule has 0 aliphatic carbocycles. The number of aromatic nitrogens is 2. The molecule has 7 nitrogen and oxygen atoms in total. The monoisotopic (exact) mass is 341 g/mol. The topological polar surface area (TPSA) is 108 Å². The normalized spacial score (nSPS) is 27.7. The van der Waals surface area contributed by atoms with E-state index in [1.165, 1.54) is 12.1 Å². The average Bonchev–Trinajstić information content (AvgIpc) is 2.60. The molecule has 0 amide bonds. The first kappa shape index (κ1) is 17.0. The molecule has 2 N–H and O–H groups in total. The number of benzene rings is 1. The van der Waals surface area contributed by atoms with Crippen molar-refractivity contribution in [3.8, 4) is 17.7 Å². The van der Waals surface area contributed by atoms with Gasteiger partial charge in [0.15, 0.2) is 6.10 Å². The van der Waals surface area contributed by atoms with Gasteiger partial charge in [0, 0.05) is 17.7 Å². The van der Waals surface area contributed by atoms with Crippen LogP contribution >= 0.6 is 0 Å². The molecule has 3 atom stereocenters. The van der Waals surface area contributed by atoms with Gasteiger partial charge >= 0.3 is 0 Å². The second-order valence-electron chi connectivity index (χ2n) is 6.46. The van der Waals surface area contributed by atoms with E-state index in [9.17, 15) is 15.2 Å². The van der Waals surface area contributed by atoms with Gasteiger partial charge in [-0.15, -0.1) is 5.10 Å². The average molecular weight is 341 g/mol. The molecular formula is C18H19N3O4. The molecule has 1 aromatic heterocycles. The standard InChI is InChI=1S/C18H19N3O4/c1-4-17(2)18(3,23)16(24-15-8-7-14(22)20-21-15)12-9-11(10-19)5-6-13(12)25-17/h5-9,16,23H,4H2,1-3H3,(H,20,22). The molecule has 1 aliphatic rings. The van der Waals surface area contributed by atoms with Gasteiger partial charge in [-0.25, -0.2) is 5.10 Å². The van der Waals surface area contributed by atoms with Gasteiger partial charge in [0.1, 0.15) is 17.0 Å². The fourth-order valence-corrected chi connectivity index (χ4v) is 2.97. The van der Waals surface area contributed by atoms with Crippen LogP contribution < -0.4 is 15.0 Å². The van der Waals surface area contributed by atoms with E-state index in [0.29, 0.717) is 23.3 Å². The Morgan fingerprint density at radius 3 is 2.76 bits per heavy atom. The number of ether oxygens (including phenoxy) is 2. The maximum Gasteiger partial charge on any atom is 0.264 e. The van der Waals surface area contributed by atoms with Gasteiger partial charge in [-0.3, -0.25) is 4.79 Å². The summed E-state index contributed by atoms with van der Waals surface area (Å²) in [5.41, 5.74) is -1.66. The lowest BCUT2D eigenvalue weighted by molar-refractivity contribution is -0.184. The zero-order valence-corrected chi connectivity index (χ0v) is 14.2. The maximum absolute atomic E-state index is 11.2. The highest BCUT2D eigenvalue weighted by Gasteiger charge is 2.56. The fourth-order valence-electron chi connectivity index (χ4n) is 2.97. The fraction of sp³-hybridized carbons (Fsp3) is 0.389. The SMILES string of the molecule is CCC1(C)Oc2ccc(C#N)cc2C(Oc2ccc(=O)[nH]n2)C1(C)O. The minimum Gasteiger partial charge on any atom is -0.484 e. The summed E-state index contributed by atoms with van der Waals surface area (Å²) in [6.07, 6.45) is -0.286. The number of fused-ring (bicyclic) bond motifs is 1. The summed E-state index contributed by atoms with van der Waals surface area (Å²) in [6, 6.07) is 9.79. The number of nitrogens with zero attached hydrogens (tertiary/aromatic N) is 2. The number of rotatable bonds is 3. The van der Waals surface area contributed by atoms with Crippen LogP contribution in [0.5, 0.6) is 11.6 Å². The van der Waals surface area contributed by atoms with Gasteiger partial charge in [0.05, 0.1) is 11.6 Å². The molecule has 1 aromatic carbocycles. The second kappa shape index (κ2) is 5.90. The van der Waals surface area contributed by atoms with Gasteiger partial charge in [-0.05, 0) is 38.5 Å². The quantitative estimate of drug-likeness (QED) is 0.885. The first-order chi connectivity index (χ1) is 11.8. The Morgan fingerprint density at radius 2 is 2.16 bits per heavy atom. The van der Waals surface area contributed by atoms with Crippen LogP contribution in [-0.2, 0) is 0 Å². The van der Waals surface area contributed by atoms with Gasteiger partial charge in [-0.2, -0.15) is 5.26 Å². The van der Waals surface area contributed by atoms with Crippen molar-refractivity contribution < 1.29 is 14.6 Å². The lowest BCUT2D eigenvalue weighted by atomic mass is 9.74. The Hall–Kier alpha value is -2.85. The summed E-state index contributed by atoms with van der Waals surface area (Å²) in [7, 11) is 0. The van der Waals surface area contributed by atoms with Crippen molar-refractivity contribution in [1.29, 1.82) is 5.26 Å². The Kier molecular flexibility index (Phi) is 4.01. The molecule has 0 bridgehead atoms. The van der Waals surface area contributed by atoms with E-state index < -0.39 is 17.3 Å². The summed E-state index contributed by atoms with van der Waals surface area (Å²) in [5, 5.41) is 26.6. The van der Waals surface area contributed by atoms with Crippen molar-refractivity contribution >= 4 is 0 Å². The first-order valence-corrected chi connectivity index (χ1v) is 7.98. The molecule has 25 heavy (non-hydrogen) atoms. The minimum absolute atomic E-state index is 0.165. The highest BCUT2D eigenvalue weighted by atomic mass is 16.6. The number of H-pyrrole nitrogens is 1. The molecule has 2 heterocycles. The molecule has 3 rings (SSSR count). The van der Waals surface area contributed by atoms with Crippen LogP contribution in [0.15, 0.2) is 35.1 Å². The van der Waals surface area contributed by atoms with Crippen LogP contribution in [0.3, 0.4) is 0 Å². The third-order valence-corrected chi connectivity index (χ3v) is 4.90. The molecule has 0 saturated heterocycles. The van der Waals surface area contributed by atoms with Crippen molar-refractivity contribution in [1.82, 2.24) is 10.2 Å². The van der Waals surface area contributed by atoms with Crippen LogP contribution in [0.4, 0.5) is 0 Å². The summed E-state index contributed by atoms with van der Waals surface area (Å²) < 4.78 is 12.0. The number of aromatic amines is 1. The van der Waals surface area contributed by atoms with Crippen molar-refractivity contribution in [2.45, 2.75) is 44.5 Å². The summed E-state index contributed by atoms with van der Waals surface area (Å²) in [5.74, 6) is 0.711. The smallest absolute Gasteiger partial charge is 0.264 e. The van der Waals surface area contributed by atoms with E-state index in [4.69, 9.17) is 9.47 Å². The van der Waals surface area contributed by atoms with Gasteiger partial charge in [0.25, 0.3) is 5.56 Å². The van der Waals surface area contributed by atoms with Crippen LogP contribution in [0.1, 0.15) is 44.4 Å². The minimum atomic E-state index is -1.40. The number of hydrogen-bond donors (Lipinski definition) is 2. The summed E-state index contributed by atoms with van der Waals surface area (Å²) in [6.45, 7) is 5.36. The molecule has 3 unspecified atom stereocenters. The zero-order valence-electron chi connectivity index (χ0n) is 14.2. The van der Waals surface area contributed by atoms with Gasteiger partial charge in [0.2, 0.25) is 5.88 Å². The van der Waals surface area contributed by atoms with E-state index in [0.717, 1.165) is 0 Å². The Balaban J connectivity index is 2.13. The molecule has 0 spiro atoms. The maximum atomic E-state index is 11.2. The van der Waals surface area contributed by atoms with Crippen molar-refractivity contribution in [2.75, 3.05) is 0 Å². The Morgan fingerprint density at radius 1 is 1.40 bits per heavy atom. The lowest BCUT2D eigenvalue weighted by Crippen LogP contribution is -2.61. The highest BCUT2D eigenvalue weighted by molar-refractivity contribution is 5.47. The largest absolute Gasteiger partial charge is 0.484 e. The number of nitrogens with one attached hydrogen (secondary N) is 1. The number of nitriles is 1. The van der Waals surface area contributed by atoms with Crippen molar-refractivity contribution in [3.63, 3.8) is 0 Å². The molecule has 2 aromatic rings. The molecule has 130 valence electrons. The van der Waals surface area contributed by atoms with E-state index in [1.807, 2.05) is 13.8 Å². The van der Waals surface area contributed by atoms with E-state index in [2.05, 4.69) is 16.3 Å². The molecule has 0 saturated carbocycles. The van der Waals surface area contributed by atoms with Crippen LogP contribution in [-0.4, -0.2) is 26.5 Å². The summed E-state index contributed by atoms with van der Waals surface area (Å²) >= 11 is 0. The van der Waals surface area contributed by atoms with Gasteiger partial charge < -0.3 is 14.6 Å². The van der Waals surface area contributed by atoms with Gasteiger partial charge in [-0.1, -0.05) is 6.92 Å². The first-order valence-electron chi connectivity index (χ1n) is 7.98. The third kappa shape index (κ3) is 2.75. The molecule has 7 heteroatoms. The predicted octanol–water partition coefficient (Wildman–Crippen LogP) is 2.07. The zero-order chi connectivity index (χ0) is 18.2. The second-order valence-corrected chi connectivity index (χ2v) is 6.46. The molecule has 0 radical (unpaired) electrons. The molecule has 1 aliphatic heterocycles. The third-order valence-electron chi connectivity index (χ3n) is 4.90. The van der Waals surface area contributed by atoms with Crippen molar-refractivity contribution in [2.24, 2.45) is 0 Å². The highest BCUT2D eigenvalue weighted by Crippen LogP contribution is 2.49. The molecule has 0 fully saturated rings. The van der Waals surface area contributed by atoms with Crippen LogP contribution in [0.25, 0.3) is 0 Å². The van der Waals surface area contributed by atoms with E-state index >= 15 is 0 Å². The number of hydrogen-bond acceptors (Lipinski definition) is 6. The van der Waals surface area contributed by atoms with E-state index in [-0.39, 0.29) is 11.4 Å². The van der Waals surface area contributed by atoms with Crippen LogP contribution in [0.2, 0.25) is 0 Å². The van der Waals surface area contributed by atoms with E-state index in [1.54, 1.807) is 25.1 Å².